The lowest BCUT2D eigenvalue weighted by Crippen LogP contribution is -2.46. The third-order valence-corrected chi connectivity index (χ3v) is 5.79. The van der Waals surface area contributed by atoms with Crippen molar-refractivity contribution in [2.24, 2.45) is 0 Å². The largest absolute Gasteiger partial charge is 0.497 e. The lowest BCUT2D eigenvalue weighted by Gasteiger charge is -2.38. The normalized spacial score (nSPS) is 16.2. The summed E-state index contributed by atoms with van der Waals surface area (Å²) >= 11 is 0. The van der Waals surface area contributed by atoms with Crippen LogP contribution < -0.4 is 19.9 Å². The van der Waals surface area contributed by atoms with Gasteiger partial charge in [-0.3, -0.25) is 14.9 Å². The summed E-state index contributed by atoms with van der Waals surface area (Å²) in [7, 11) is 1.67. The van der Waals surface area contributed by atoms with Gasteiger partial charge in [-0.1, -0.05) is 12.1 Å². The Morgan fingerprint density at radius 1 is 0.793 bits per heavy atom. The Hall–Kier alpha value is -3.54. The molecule has 146 valence electrons. The molecule has 0 unspecified atom stereocenters. The molecule has 1 N–H and O–H groups in total. The third-order valence-electron chi connectivity index (χ3n) is 5.79. The van der Waals surface area contributed by atoms with Crippen molar-refractivity contribution >= 4 is 34.0 Å². The number of hydrogen-bond acceptors (Lipinski definition) is 5. The molecule has 0 atom stereocenters. The van der Waals surface area contributed by atoms with Gasteiger partial charge in [0.1, 0.15) is 5.75 Å². The number of anilines is 2. The fourth-order valence-corrected chi connectivity index (χ4v) is 4.28. The van der Waals surface area contributed by atoms with Crippen LogP contribution in [0.25, 0.3) is 10.8 Å². The fourth-order valence-electron chi connectivity index (χ4n) is 4.28. The van der Waals surface area contributed by atoms with Gasteiger partial charge in [0.15, 0.2) is 0 Å². The van der Waals surface area contributed by atoms with E-state index in [1.807, 2.05) is 36.4 Å². The van der Waals surface area contributed by atoms with E-state index in [0.717, 1.165) is 48.4 Å². The van der Waals surface area contributed by atoms with Crippen molar-refractivity contribution in [3.8, 4) is 5.75 Å². The van der Waals surface area contributed by atoms with Gasteiger partial charge in [0.25, 0.3) is 11.8 Å². The maximum absolute atomic E-state index is 12.3. The number of nitrogens with one attached hydrogen (secondary N) is 1. The van der Waals surface area contributed by atoms with E-state index in [1.165, 1.54) is 5.69 Å². The molecule has 0 saturated carbocycles. The minimum absolute atomic E-state index is 0.324. The smallest absolute Gasteiger partial charge is 0.258 e. The fraction of sp³-hybridized carbons (Fsp3) is 0.217. The van der Waals surface area contributed by atoms with Gasteiger partial charge >= 0.3 is 0 Å². The second-order valence-electron chi connectivity index (χ2n) is 7.32. The molecule has 0 radical (unpaired) electrons. The van der Waals surface area contributed by atoms with Crippen molar-refractivity contribution in [3.05, 3.63) is 65.7 Å². The molecule has 2 amide bonds. The Morgan fingerprint density at radius 3 is 2.14 bits per heavy atom. The number of carbonyl (C=O) groups is 2. The SMILES string of the molecule is COc1ccc(N2CCN(c3ccc4c5c(cccc35)C(=O)NC4=O)CC2)cc1. The highest BCUT2D eigenvalue weighted by molar-refractivity contribution is 6.26. The zero-order valence-corrected chi connectivity index (χ0v) is 16.1. The first-order chi connectivity index (χ1) is 14.2. The molecule has 0 bridgehead atoms. The predicted molar refractivity (Wildman–Crippen MR) is 113 cm³/mol. The summed E-state index contributed by atoms with van der Waals surface area (Å²) in [6.07, 6.45) is 0. The predicted octanol–water partition coefficient (Wildman–Crippen LogP) is 3.06. The monoisotopic (exact) mass is 387 g/mol. The maximum atomic E-state index is 12.3. The lowest BCUT2D eigenvalue weighted by atomic mass is 9.93. The van der Waals surface area contributed by atoms with Gasteiger partial charge in [0, 0.05) is 59.5 Å². The number of rotatable bonds is 3. The first-order valence-corrected chi connectivity index (χ1v) is 9.71. The number of carbonyl (C=O) groups excluding carboxylic acids is 2. The van der Waals surface area contributed by atoms with Gasteiger partial charge in [-0.15, -0.1) is 0 Å². The van der Waals surface area contributed by atoms with Crippen LogP contribution in [0.3, 0.4) is 0 Å². The maximum Gasteiger partial charge on any atom is 0.258 e. The molecule has 0 aliphatic carbocycles. The molecule has 29 heavy (non-hydrogen) atoms. The zero-order chi connectivity index (χ0) is 20.0. The second-order valence-corrected chi connectivity index (χ2v) is 7.32. The van der Waals surface area contributed by atoms with E-state index in [4.69, 9.17) is 4.74 Å². The Morgan fingerprint density at radius 2 is 1.45 bits per heavy atom. The number of hydrogen-bond donors (Lipinski definition) is 1. The van der Waals surface area contributed by atoms with Crippen LogP contribution in [0, 0.1) is 0 Å². The van der Waals surface area contributed by atoms with Crippen molar-refractivity contribution in [2.45, 2.75) is 0 Å². The number of benzene rings is 3. The standard InChI is InChI=1S/C23H21N3O3/c1-29-16-7-5-15(6-8-16)25-11-13-26(14-12-25)20-10-9-19-21-17(20)3-2-4-18(21)22(27)24-23(19)28/h2-10H,11-14H2,1H3,(H,24,27,28). The number of imide groups is 1. The molecule has 3 aromatic rings. The first kappa shape index (κ1) is 17.6. The van der Waals surface area contributed by atoms with E-state index < -0.39 is 0 Å². The Labute approximate surface area is 168 Å². The van der Waals surface area contributed by atoms with E-state index in [1.54, 1.807) is 13.2 Å². The highest BCUT2D eigenvalue weighted by atomic mass is 16.5. The molecule has 2 aliphatic heterocycles. The van der Waals surface area contributed by atoms with Crippen LogP contribution in [0.2, 0.25) is 0 Å². The number of amides is 2. The van der Waals surface area contributed by atoms with Crippen LogP contribution in [0.15, 0.2) is 54.6 Å². The van der Waals surface area contributed by atoms with E-state index >= 15 is 0 Å². The molecule has 6 heteroatoms. The van der Waals surface area contributed by atoms with Crippen LogP contribution in [-0.2, 0) is 0 Å². The minimum Gasteiger partial charge on any atom is -0.497 e. The summed E-state index contributed by atoms with van der Waals surface area (Å²) < 4.78 is 5.24. The van der Waals surface area contributed by atoms with E-state index in [2.05, 4.69) is 27.2 Å². The topological polar surface area (TPSA) is 61.9 Å². The zero-order valence-electron chi connectivity index (χ0n) is 16.1. The van der Waals surface area contributed by atoms with E-state index in [9.17, 15) is 9.59 Å². The molecule has 1 saturated heterocycles. The van der Waals surface area contributed by atoms with Gasteiger partial charge in [-0.05, 0) is 42.5 Å². The number of ether oxygens (including phenoxy) is 1. The molecule has 5 rings (SSSR count). The highest BCUT2D eigenvalue weighted by Gasteiger charge is 2.27. The molecular formula is C23H21N3O3. The van der Waals surface area contributed by atoms with Crippen molar-refractivity contribution < 1.29 is 14.3 Å². The van der Waals surface area contributed by atoms with E-state index in [-0.39, 0.29) is 11.8 Å². The van der Waals surface area contributed by atoms with Gasteiger partial charge < -0.3 is 14.5 Å². The molecule has 2 aliphatic rings. The van der Waals surface area contributed by atoms with Crippen molar-refractivity contribution in [3.63, 3.8) is 0 Å². The van der Waals surface area contributed by atoms with Gasteiger partial charge in [-0.2, -0.15) is 0 Å². The van der Waals surface area contributed by atoms with Crippen molar-refractivity contribution in [1.29, 1.82) is 0 Å². The van der Waals surface area contributed by atoms with Crippen LogP contribution in [0.5, 0.6) is 5.75 Å². The number of piperazine rings is 1. The lowest BCUT2D eigenvalue weighted by molar-refractivity contribution is 0.0845. The summed E-state index contributed by atoms with van der Waals surface area (Å²) in [5.74, 6) is 0.207. The van der Waals surface area contributed by atoms with Crippen molar-refractivity contribution in [2.75, 3.05) is 43.1 Å². The average Bonchev–Trinajstić information content (AvgIpc) is 2.77. The first-order valence-electron chi connectivity index (χ1n) is 9.71. The molecule has 6 nitrogen and oxygen atoms in total. The highest BCUT2D eigenvalue weighted by Crippen LogP contribution is 2.34. The third kappa shape index (κ3) is 2.88. The van der Waals surface area contributed by atoms with E-state index in [0.29, 0.717) is 11.1 Å². The second kappa shape index (κ2) is 6.81. The molecule has 1 fully saturated rings. The summed E-state index contributed by atoms with van der Waals surface area (Å²) in [5.41, 5.74) is 3.39. The molecule has 0 spiro atoms. The summed E-state index contributed by atoms with van der Waals surface area (Å²) in [4.78, 5) is 29.2. The molecule has 0 aromatic heterocycles. The number of methoxy groups -OCH3 is 1. The summed E-state index contributed by atoms with van der Waals surface area (Å²) in [6.45, 7) is 3.53. The Kier molecular flexibility index (Phi) is 4.12. The molecule has 2 heterocycles. The minimum atomic E-state index is -0.324. The van der Waals surface area contributed by atoms with Crippen molar-refractivity contribution in [1.82, 2.24) is 5.32 Å². The van der Waals surface area contributed by atoms with Crippen LogP contribution in [0.4, 0.5) is 11.4 Å². The quantitative estimate of drug-likeness (QED) is 0.700. The Balaban J connectivity index is 1.44. The van der Waals surface area contributed by atoms with Gasteiger partial charge in [0.05, 0.1) is 7.11 Å². The molecule has 3 aromatic carbocycles. The summed E-state index contributed by atoms with van der Waals surface area (Å²) in [5, 5.41) is 4.14. The van der Waals surface area contributed by atoms with Crippen LogP contribution in [-0.4, -0.2) is 45.1 Å². The van der Waals surface area contributed by atoms with Crippen LogP contribution in [0.1, 0.15) is 20.7 Å². The van der Waals surface area contributed by atoms with Crippen LogP contribution >= 0.6 is 0 Å². The average molecular weight is 387 g/mol. The van der Waals surface area contributed by atoms with Gasteiger partial charge in [0.2, 0.25) is 0 Å². The molecular weight excluding hydrogens is 366 g/mol. The Bertz CT molecular complexity index is 1100. The number of nitrogens with zero attached hydrogens (tertiary/aromatic N) is 2. The van der Waals surface area contributed by atoms with Gasteiger partial charge in [-0.25, -0.2) is 0 Å². The summed E-state index contributed by atoms with van der Waals surface area (Å²) in [6, 6.07) is 17.6.